The second kappa shape index (κ2) is 3.86. The molecular weight excluding hydrogens is 248 g/mol. The van der Waals surface area contributed by atoms with Gasteiger partial charge in [0.2, 0.25) is 5.66 Å². The number of piperidine rings is 2. The Kier molecular flexibility index (Phi) is 2.56. The number of nitrogens with one attached hydrogen (secondary N) is 2. The Balaban J connectivity index is 1.71. The Morgan fingerprint density at radius 3 is 1.75 bits per heavy atom. The van der Waals surface area contributed by atoms with Crippen LogP contribution in [0.15, 0.2) is 0 Å². The maximum absolute atomic E-state index is 12.8. The smallest absolute Gasteiger partial charge is 0.222 e. The number of carbonyl (C=O) groups excluding carboxylic acids is 1. The number of hydrogen-bond acceptors (Lipinski definition) is 1. The third-order valence-corrected chi connectivity index (χ3v) is 7.40. The Hall–Kier alpha value is -0.410. The molecule has 5 fully saturated rings. The highest BCUT2D eigenvalue weighted by Gasteiger charge is 2.73. The summed E-state index contributed by atoms with van der Waals surface area (Å²) in [4.78, 5) is 16.3. The van der Waals surface area contributed by atoms with Crippen LogP contribution < -0.4 is 9.80 Å². The van der Waals surface area contributed by atoms with E-state index in [1.807, 2.05) is 0 Å². The summed E-state index contributed by atoms with van der Waals surface area (Å²) in [5.41, 5.74) is 0.314. The average Bonchev–Trinajstić information content (AvgIpc) is 2.41. The molecule has 0 aromatic rings. The molecule has 20 heavy (non-hydrogen) atoms. The number of carbonyl (C=O) groups is 1. The van der Waals surface area contributed by atoms with Crippen molar-refractivity contribution in [3.63, 3.8) is 0 Å². The van der Waals surface area contributed by atoms with Crippen molar-refractivity contribution in [2.45, 2.75) is 58.5 Å². The van der Waals surface area contributed by atoms with Gasteiger partial charge in [-0.3, -0.25) is 14.6 Å². The fraction of sp³-hybridized carbons (Fsp3) is 0.941. The minimum Gasteiger partial charge on any atom is -0.297 e. The zero-order chi connectivity index (χ0) is 14.2. The lowest BCUT2D eigenvalue weighted by Crippen LogP contribution is -3.49. The van der Waals surface area contributed by atoms with Crippen molar-refractivity contribution in [1.82, 2.24) is 0 Å². The van der Waals surface area contributed by atoms with E-state index in [4.69, 9.17) is 0 Å². The molecule has 0 aromatic heterocycles. The molecule has 0 unspecified atom stereocenters. The topological polar surface area (TPSA) is 26.0 Å². The quantitative estimate of drug-likeness (QED) is 0.675. The van der Waals surface area contributed by atoms with Gasteiger partial charge in [-0.15, -0.1) is 0 Å². The largest absolute Gasteiger partial charge is 0.297 e. The normalized spacial score (nSPS) is 55.5. The van der Waals surface area contributed by atoms with Crippen LogP contribution in [0.25, 0.3) is 0 Å². The highest BCUT2D eigenvalue weighted by Crippen LogP contribution is 2.39. The minimum absolute atomic E-state index is 0.0376. The van der Waals surface area contributed by atoms with Crippen LogP contribution in [0.1, 0.15) is 52.9 Å². The van der Waals surface area contributed by atoms with Gasteiger partial charge in [0.25, 0.3) is 0 Å². The van der Waals surface area contributed by atoms with Crippen LogP contribution in [0.4, 0.5) is 0 Å². The number of Topliss-reactive ketones (excluding diaryl/α,β-unsaturated/α-hetero) is 1. The van der Waals surface area contributed by atoms with Gasteiger partial charge in [0.05, 0.1) is 32.1 Å². The van der Waals surface area contributed by atoms with Gasteiger partial charge in [-0.25, -0.2) is 0 Å². The SMILES string of the molecule is CC12C[NH+]3CC(C)(C[NH+](C1)C3(C)C1CCCCC1)C2=O. The van der Waals surface area contributed by atoms with E-state index < -0.39 is 0 Å². The van der Waals surface area contributed by atoms with E-state index in [0.717, 1.165) is 32.1 Å². The first-order valence-electron chi connectivity index (χ1n) is 8.64. The summed E-state index contributed by atoms with van der Waals surface area (Å²) in [6.07, 6.45) is 7.13. The van der Waals surface area contributed by atoms with Gasteiger partial charge in [0.1, 0.15) is 10.8 Å². The Labute approximate surface area is 122 Å². The summed E-state index contributed by atoms with van der Waals surface area (Å²) in [5.74, 6) is 1.45. The van der Waals surface area contributed by atoms with Crippen LogP contribution in [-0.2, 0) is 4.79 Å². The summed E-state index contributed by atoms with van der Waals surface area (Å²) in [7, 11) is 0. The maximum Gasteiger partial charge on any atom is 0.222 e. The lowest BCUT2D eigenvalue weighted by Gasteiger charge is -2.64. The fourth-order valence-electron chi connectivity index (χ4n) is 6.43. The third-order valence-electron chi connectivity index (χ3n) is 7.40. The van der Waals surface area contributed by atoms with Gasteiger partial charge in [-0.2, -0.15) is 0 Å². The van der Waals surface area contributed by atoms with Crippen LogP contribution in [0.3, 0.4) is 0 Å². The molecule has 5 rings (SSSR count). The second-order valence-electron chi connectivity index (χ2n) is 8.90. The molecule has 4 heterocycles. The summed E-state index contributed by atoms with van der Waals surface area (Å²) >= 11 is 0. The molecule has 4 aliphatic heterocycles. The highest BCUT2D eigenvalue weighted by molar-refractivity contribution is 5.91. The Morgan fingerprint density at radius 1 is 0.850 bits per heavy atom. The zero-order valence-corrected chi connectivity index (χ0v) is 13.3. The molecule has 0 spiro atoms. The molecular formula is C17H30N2O+2. The molecule has 5 aliphatic rings. The fourth-order valence-corrected chi connectivity index (χ4v) is 6.43. The minimum atomic E-state index is -0.0376. The Morgan fingerprint density at radius 2 is 1.30 bits per heavy atom. The number of ketones is 1. The summed E-state index contributed by atoms with van der Waals surface area (Å²) < 4.78 is 0. The predicted molar refractivity (Wildman–Crippen MR) is 77.6 cm³/mol. The van der Waals surface area contributed by atoms with E-state index >= 15 is 0 Å². The first-order chi connectivity index (χ1) is 9.38. The second-order valence-corrected chi connectivity index (χ2v) is 8.90. The van der Waals surface area contributed by atoms with E-state index in [1.165, 1.54) is 32.1 Å². The number of quaternary nitrogens is 2. The molecule has 0 atom stereocenters. The molecule has 112 valence electrons. The number of hydrogen-bond donors (Lipinski definition) is 2. The molecule has 0 amide bonds. The molecule has 1 aliphatic carbocycles. The lowest BCUT2D eigenvalue weighted by atomic mass is 9.59. The van der Waals surface area contributed by atoms with Crippen LogP contribution in [0.2, 0.25) is 0 Å². The number of rotatable bonds is 1. The van der Waals surface area contributed by atoms with Crippen molar-refractivity contribution in [2.24, 2.45) is 16.7 Å². The predicted octanol–water partition coefficient (Wildman–Crippen LogP) is -0.325. The Bertz CT molecular complexity index is 412. The van der Waals surface area contributed by atoms with Crippen molar-refractivity contribution in [1.29, 1.82) is 0 Å². The van der Waals surface area contributed by atoms with E-state index in [9.17, 15) is 4.79 Å². The van der Waals surface area contributed by atoms with Crippen molar-refractivity contribution >= 4 is 5.78 Å². The summed E-state index contributed by atoms with van der Waals surface area (Å²) in [6.45, 7) is 11.4. The molecule has 0 aromatic carbocycles. The van der Waals surface area contributed by atoms with Gasteiger partial charge in [0.15, 0.2) is 5.78 Å². The van der Waals surface area contributed by atoms with E-state index in [-0.39, 0.29) is 10.8 Å². The van der Waals surface area contributed by atoms with Crippen LogP contribution >= 0.6 is 0 Å². The first-order valence-corrected chi connectivity index (χ1v) is 8.64. The molecule has 0 radical (unpaired) electrons. The molecule has 4 saturated heterocycles. The molecule has 3 heteroatoms. The van der Waals surface area contributed by atoms with Crippen LogP contribution in [-0.4, -0.2) is 37.6 Å². The molecule has 3 nitrogen and oxygen atoms in total. The van der Waals surface area contributed by atoms with Crippen molar-refractivity contribution < 1.29 is 14.6 Å². The molecule has 4 bridgehead atoms. The van der Waals surface area contributed by atoms with Gasteiger partial charge >= 0.3 is 0 Å². The third kappa shape index (κ3) is 1.46. The summed E-state index contributed by atoms with van der Waals surface area (Å²) in [6, 6.07) is 0. The standard InChI is InChI=1S/C17H28N2O/c1-15-9-18-11-16(2,14(15)20)12-19(10-15)17(18,3)13-7-5-4-6-8-13/h13H,4-12H2,1-3H3/p+2. The van der Waals surface area contributed by atoms with Gasteiger partial charge < -0.3 is 0 Å². The maximum atomic E-state index is 12.8. The van der Waals surface area contributed by atoms with Crippen molar-refractivity contribution in [3.05, 3.63) is 0 Å². The van der Waals surface area contributed by atoms with E-state index in [2.05, 4.69) is 20.8 Å². The lowest BCUT2D eigenvalue weighted by molar-refractivity contribution is -1.20. The van der Waals surface area contributed by atoms with Crippen molar-refractivity contribution in [2.75, 3.05) is 26.2 Å². The average molecular weight is 278 g/mol. The van der Waals surface area contributed by atoms with E-state index in [1.54, 1.807) is 9.80 Å². The van der Waals surface area contributed by atoms with Crippen LogP contribution in [0.5, 0.6) is 0 Å². The molecule has 2 N–H and O–H groups in total. The zero-order valence-electron chi connectivity index (χ0n) is 13.3. The highest BCUT2D eigenvalue weighted by atomic mass is 16.1. The van der Waals surface area contributed by atoms with Gasteiger partial charge in [0, 0.05) is 6.92 Å². The first kappa shape index (κ1) is 13.3. The van der Waals surface area contributed by atoms with Gasteiger partial charge in [-0.05, 0) is 26.7 Å². The molecule has 1 saturated carbocycles. The monoisotopic (exact) mass is 278 g/mol. The summed E-state index contributed by atoms with van der Waals surface area (Å²) in [5, 5.41) is 0. The van der Waals surface area contributed by atoms with Crippen LogP contribution in [0, 0.1) is 16.7 Å². The van der Waals surface area contributed by atoms with Gasteiger partial charge in [-0.1, -0.05) is 19.3 Å². The van der Waals surface area contributed by atoms with Crippen molar-refractivity contribution in [3.8, 4) is 0 Å². The van der Waals surface area contributed by atoms with E-state index in [0.29, 0.717) is 11.4 Å².